The third-order valence-corrected chi connectivity index (χ3v) is 5.66. The minimum Gasteiger partial charge on any atom is -0.361 e. The van der Waals surface area contributed by atoms with Gasteiger partial charge in [0.25, 0.3) is 11.5 Å². The first kappa shape index (κ1) is 19.4. The van der Waals surface area contributed by atoms with Gasteiger partial charge in [0.15, 0.2) is 0 Å². The van der Waals surface area contributed by atoms with Crippen LogP contribution in [0.3, 0.4) is 0 Å². The van der Waals surface area contributed by atoms with Gasteiger partial charge in [-0.25, -0.2) is 4.68 Å². The molecule has 29 heavy (non-hydrogen) atoms. The summed E-state index contributed by atoms with van der Waals surface area (Å²) in [5.74, 6) is -0.0522. The SMILES string of the molecule is Cc1ccc(=O)n(CCN2CCCCC2CNC(=O)c2ccc3cc[nH]c3c2)n1. The first-order valence-electron chi connectivity index (χ1n) is 10.2. The number of fused-ring (bicyclic) bond motifs is 1. The Morgan fingerprint density at radius 3 is 3.00 bits per heavy atom. The van der Waals surface area contributed by atoms with Crippen molar-refractivity contribution in [3.05, 3.63) is 64.2 Å². The third-order valence-electron chi connectivity index (χ3n) is 5.66. The predicted molar refractivity (Wildman–Crippen MR) is 113 cm³/mol. The second-order valence-corrected chi connectivity index (χ2v) is 7.71. The summed E-state index contributed by atoms with van der Waals surface area (Å²) in [4.78, 5) is 30.1. The number of aryl methyl sites for hydroxylation is 1. The minimum absolute atomic E-state index is 0.0522. The van der Waals surface area contributed by atoms with Crippen LogP contribution < -0.4 is 10.9 Å². The van der Waals surface area contributed by atoms with Gasteiger partial charge in [-0.3, -0.25) is 14.5 Å². The molecule has 7 heteroatoms. The molecule has 7 nitrogen and oxygen atoms in total. The number of aromatic amines is 1. The number of rotatable bonds is 6. The Balaban J connectivity index is 1.36. The molecule has 1 atom stereocenters. The molecule has 1 saturated heterocycles. The maximum absolute atomic E-state index is 12.6. The number of nitrogens with one attached hydrogen (secondary N) is 2. The molecule has 1 fully saturated rings. The van der Waals surface area contributed by atoms with Crippen LogP contribution in [0, 0.1) is 6.92 Å². The molecular weight excluding hydrogens is 366 g/mol. The normalized spacial score (nSPS) is 17.5. The molecule has 0 radical (unpaired) electrons. The van der Waals surface area contributed by atoms with E-state index in [-0.39, 0.29) is 17.5 Å². The Morgan fingerprint density at radius 2 is 2.10 bits per heavy atom. The van der Waals surface area contributed by atoms with Gasteiger partial charge in [0.1, 0.15) is 0 Å². The van der Waals surface area contributed by atoms with E-state index in [2.05, 4.69) is 20.3 Å². The van der Waals surface area contributed by atoms with Crippen molar-refractivity contribution >= 4 is 16.8 Å². The Morgan fingerprint density at radius 1 is 1.21 bits per heavy atom. The highest BCUT2D eigenvalue weighted by molar-refractivity contribution is 5.97. The zero-order chi connectivity index (χ0) is 20.2. The zero-order valence-electron chi connectivity index (χ0n) is 16.7. The van der Waals surface area contributed by atoms with Crippen LogP contribution >= 0.6 is 0 Å². The maximum atomic E-state index is 12.6. The number of benzene rings is 1. The second kappa shape index (κ2) is 8.61. The van der Waals surface area contributed by atoms with Gasteiger partial charge < -0.3 is 10.3 Å². The van der Waals surface area contributed by atoms with Gasteiger partial charge in [-0.05, 0) is 56.0 Å². The summed E-state index contributed by atoms with van der Waals surface area (Å²) in [6.07, 6.45) is 5.23. The van der Waals surface area contributed by atoms with E-state index in [1.165, 1.54) is 4.68 Å². The lowest BCUT2D eigenvalue weighted by atomic mass is 10.0. The van der Waals surface area contributed by atoms with Gasteiger partial charge in [0.05, 0.1) is 12.2 Å². The Kier molecular flexibility index (Phi) is 5.76. The van der Waals surface area contributed by atoms with Gasteiger partial charge in [0, 0.05) is 42.5 Å². The molecule has 1 aromatic carbocycles. The van der Waals surface area contributed by atoms with E-state index in [0.29, 0.717) is 18.7 Å². The van der Waals surface area contributed by atoms with E-state index < -0.39 is 0 Å². The predicted octanol–water partition coefficient (Wildman–Crippen LogP) is 2.32. The number of hydrogen-bond donors (Lipinski definition) is 2. The van der Waals surface area contributed by atoms with Crippen molar-refractivity contribution in [2.24, 2.45) is 0 Å². The molecule has 2 N–H and O–H groups in total. The average Bonchev–Trinajstić information content (AvgIpc) is 3.21. The van der Waals surface area contributed by atoms with E-state index in [9.17, 15) is 9.59 Å². The molecule has 4 rings (SSSR count). The van der Waals surface area contributed by atoms with Crippen molar-refractivity contribution in [3.63, 3.8) is 0 Å². The largest absolute Gasteiger partial charge is 0.361 e. The maximum Gasteiger partial charge on any atom is 0.266 e. The van der Waals surface area contributed by atoms with Crippen LogP contribution in [-0.2, 0) is 6.54 Å². The fourth-order valence-corrected chi connectivity index (χ4v) is 4.02. The van der Waals surface area contributed by atoms with Crippen molar-refractivity contribution in [1.29, 1.82) is 0 Å². The average molecular weight is 393 g/mol. The quantitative estimate of drug-likeness (QED) is 0.673. The summed E-state index contributed by atoms with van der Waals surface area (Å²) in [6.45, 7) is 4.80. The van der Waals surface area contributed by atoms with Crippen molar-refractivity contribution in [2.75, 3.05) is 19.6 Å². The Labute approximate surface area is 169 Å². The van der Waals surface area contributed by atoms with Crippen LogP contribution in [-0.4, -0.2) is 51.2 Å². The molecule has 1 unspecified atom stereocenters. The van der Waals surface area contributed by atoms with E-state index in [0.717, 1.165) is 48.9 Å². The summed E-state index contributed by atoms with van der Waals surface area (Å²) in [6, 6.07) is 11.3. The number of aromatic nitrogens is 3. The molecule has 0 aliphatic carbocycles. The minimum atomic E-state index is -0.0721. The molecule has 1 amide bonds. The third kappa shape index (κ3) is 4.56. The summed E-state index contributed by atoms with van der Waals surface area (Å²) in [7, 11) is 0. The standard InChI is InChI=1S/C22H27N5O2/c1-16-5-8-21(28)27(25-16)13-12-26-11-3-2-4-19(26)15-24-22(29)18-7-6-17-9-10-23-20(17)14-18/h5-10,14,19,23H,2-4,11-13,15H2,1H3,(H,24,29). The van der Waals surface area contributed by atoms with Crippen LogP contribution in [0.15, 0.2) is 47.4 Å². The van der Waals surface area contributed by atoms with Gasteiger partial charge in [-0.15, -0.1) is 0 Å². The smallest absolute Gasteiger partial charge is 0.266 e. The lowest BCUT2D eigenvalue weighted by molar-refractivity contribution is 0.0909. The number of H-pyrrole nitrogens is 1. The summed E-state index contributed by atoms with van der Waals surface area (Å²) < 4.78 is 1.53. The van der Waals surface area contributed by atoms with Crippen LogP contribution in [0.1, 0.15) is 35.3 Å². The monoisotopic (exact) mass is 393 g/mol. The molecule has 3 heterocycles. The number of piperidine rings is 1. The first-order valence-corrected chi connectivity index (χ1v) is 10.2. The van der Waals surface area contributed by atoms with Gasteiger partial charge in [-0.2, -0.15) is 5.10 Å². The van der Waals surface area contributed by atoms with Gasteiger partial charge in [-0.1, -0.05) is 12.5 Å². The zero-order valence-corrected chi connectivity index (χ0v) is 16.7. The van der Waals surface area contributed by atoms with E-state index >= 15 is 0 Å². The fourth-order valence-electron chi connectivity index (χ4n) is 4.02. The van der Waals surface area contributed by atoms with Crippen molar-refractivity contribution in [1.82, 2.24) is 25.0 Å². The molecule has 3 aromatic rings. The van der Waals surface area contributed by atoms with E-state index in [4.69, 9.17) is 0 Å². The van der Waals surface area contributed by atoms with Crippen molar-refractivity contribution in [2.45, 2.75) is 38.8 Å². The molecule has 0 spiro atoms. The summed E-state index contributed by atoms with van der Waals surface area (Å²) in [5, 5.41) is 8.51. The lowest BCUT2D eigenvalue weighted by Gasteiger charge is -2.35. The highest BCUT2D eigenvalue weighted by atomic mass is 16.1. The molecular formula is C22H27N5O2. The molecule has 0 saturated carbocycles. The first-order chi connectivity index (χ1) is 14.1. The fraction of sp³-hybridized carbons (Fsp3) is 0.409. The number of amides is 1. The Bertz CT molecular complexity index is 1050. The van der Waals surface area contributed by atoms with Gasteiger partial charge >= 0.3 is 0 Å². The van der Waals surface area contributed by atoms with Crippen LogP contribution in [0.5, 0.6) is 0 Å². The molecule has 1 aliphatic heterocycles. The van der Waals surface area contributed by atoms with Crippen LogP contribution in [0.2, 0.25) is 0 Å². The van der Waals surface area contributed by atoms with Crippen molar-refractivity contribution < 1.29 is 4.79 Å². The Hall–Kier alpha value is -2.93. The number of hydrogen-bond acceptors (Lipinski definition) is 4. The van der Waals surface area contributed by atoms with Crippen molar-refractivity contribution in [3.8, 4) is 0 Å². The van der Waals surface area contributed by atoms with Crippen LogP contribution in [0.4, 0.5) is 0 Å². The van der Waals surface area contributed by atoms with E-state index in [1.807, 2.05) is 37.4 Å². The van der Waals surface area contributed by atoms with E-state index in [1.54, 1.807) is 12.1 Å². The van der Waals surface area contributed by atoms with Gasteiger partial charge in [0.2, 0.25) is 0 Å². The number of likely N-dealkylation sites (tertiary alicyclic amines) is 1. The lowest BCUT2D eigenvalue weighted by Crippen LogP contribution is -2.48. The molecule has 2 aromatic heterocycles. The molecule has 1 aliphatic rings. The summed E-state index contributed by atoms with van der Waals surface area (Å²) in [5.41, 5.74) is 2.40. The van der Waals surface area contributed by atoms with Crippen LogP contribution in [0.25, 0.3) is 10.9 Å². The molecule has 0 bridgehead atoms. The number of nitrogens with zero attached hydrogens (tertiary/aromatic N) is 3. The number of carbonyl (C=O) groups is 1. The topological polar surface area (TPSA) is 83.0 Å². The highest BCUT2D eigenvalue weighted by Gasteiger charge is 2.23. The summed E-state index contributed by atoms with van der Waals surface area (Å²) >= 11 is 0. The second-order valence-electron chi connectivity index (χ2n) is 7.71. The number of carbonyl (C=O) groups excluding carboxylic acids is 1. The highest BCUT2D eigenvalue weighted by Crippen LogP contribution is 2.17. The molecule has 152 valence electrons.